The monoisotopic (exact) mass is 266 g/mol. The number of hydrogen-bond donors (Lipinski definition) is 0. The molecule has 0 fully saturated rings. The molecule has 96 valence electrons. The number of rotatable bonds is 3. The third kappa shape index (κ3) is 5.15. The Balaban J connectivity index is 2.64. The summed E-state index contributed by atoms with van der Waals surface area (Å²) in [5.74, 6) is -1.53. The first-order valence-corrected chi connectivity index (χ1v) is 5.87. The fourth-order valence-electron chi connectivity index (χ4n) is 1.14. The highest BCUT2D eigenvalue weighted by Gasteiger charge is 2.20. The Kier molecular flexibility index (Phi) is 4.68. The lowest BCUT2D eigenvalue weighted by Gasteiger charge is -2.18. The van der Waals surface area contributed by atoms with E-state index in [0.29, 0.717) is 5.02 Å². The third-order valence-electron chi connectivity index (χ3n) is 1.90. The minimum absolute atomic E-state index is 0.616. The number of benzene rings is 1. The average Bonchev–Trinajstić information content (AvgIpc) is 2.25. The van der Waals surface area contributed by atoms with Crippen molar-refractivity contribution in [2.45, 2.75) is 26.4 Å². The predicted octanol–water partition coefficient (Wildman–Crippen LogP) is 3.26. The van der Waals surface area contributed by atoms with Crippen molar-refractivity contribution in [2.24, 2.45) is 0 Å². The van der Waals surface area contributed by atoms with Crippen LogP contribution in [-0.2, 0) is 14.3 Å². The van der Waals surface area contributed by atoms with E-state index in [0.717, 1.165) is 5.56 Å². The Labute approximate surface area is 111 Å². The van der Waals surface area contributed by atoms with Gasteiger partial charge in [-0.25, -0.2) is 4.79 Å². The molecule has 0 bridgehead atoms. The first kappa shape index (κ1) is 14.5. The number of esters is 1. The SMILES string of the molecule is CC(C)(C)OC(=O)C(=O)C=Cc1ccc(Cl)cc1. The Bertz CT molecular complexity index is 467. The second-order valence-electron chi connectivity index (χ2n) is 4.75. The van der Waals surface area contributed by atoms with Crippen LogP contribution in [0, 0.1) is 0 Å². The van der Waals surface area contributed by atoms with Crippen molar-refractivity contribution >= 4 is 29.4 Å². The molecule has 0 aliphatic heterocycles. The summed E-state index contributed by atoms with van der Waals surface area (Å²) in [7, 11) is 0. The van der Waals surface area contributed by atoms with Gasteiger partial charge < -0.3 is 4.74 Å². The van der Waals surface area contributed by atoms with E-state index < -0.39 is 17.4 Å². The zero-order chi connectivity index (χ0) is 13.8. The van der Waals surface area contributed by atoms with Gasteiger partial charge in [-0.1, -0.05) is 29.8 Å². The molecule has 0 unspecified atom stereocenters. The van der Waals surface area contributed by atoms with Gasteiger partial charge in [-0.05, 0) is 44.5 Å². The summed E-state index contributed by atoms with van der Waals surface area (Å²) in [4.78, 5) is 22.9. The van der Waals surface area contributed by atoms with Crippen molar-refractivity contribution < 1.29 is 14.3 Å². The maximum Gasteiger partial charge on any atom is 0.379 e. The van der Waals surface area contributed by atoms with Gasteiger partial charge in [0, 0.05) is 5.02 Å². The molecular weight excluding hydrogens is 252 g/mol. The molecule has 18 heavy (non-hydrogen) atoms. The van der Waals surface area contributed by atoms with Gasteiger partial charge in [0.2, 0.25) is 0 Å². The van der Waals surface area contributed by atoms with E-state index in [1.165, 1.54) is 6.08 Å². The van der Waals surface area contributed by atoms with Crippen LogP contribution in [0.5, 0.6) is 0 Å². The molecule has 0 spiro atoms. The highest BCUT2D eigenvalue weighted by atomic mass is 35.5. The number of carbonyl (C=O) groups is 2. The lowest BCUT2D eigenvalue weighted by Crippen LogP contribution is -2.27. The van der Waals surface area contributed by atoms with Gasteiger partial charge in [-0.3, -0.25) is 4.79 Å². The van der Waals surface area contributed by atoms with Gasteiger partial charge in [0.1, 0.15) is 5.60 Å². The summed E-state index contributed by atoms with van der Waals surface area (Å²) in [6.07, 6.45) is 2.74. The third-order valence-corrected chi connectivity index (χ3v) is 2.15. The second kappa shape index (κ2) is 5.83. The topological polar surface area (TPSA) is 43.4 Å². The number of carbonyl (C=O) groups excluding carboxylic acids is 2. The fraction of sp³-hybridized carbons (Fsp3) is 0.286. The lowest BCUT2D eigenvalue weighted by molar-refractivity contribution is -0.160. The van der Waals surface area contributed by atoms with E-state index in [9.17, 15) is 9.59 Å². The maximum absolute atomic E-state index is 11.5. The quantitative estimate of drug-likeness (QED) is 0.479. The van der Waals surface area contributed by atoms with Crippen molar-refractivity contribution in [1.82, 2.24) is 0 Å². The normalized spacial score (nSPS) is 11.6. The molecule has 1 aromatic carbocycles. The van der Waals surface area contributed by atoms with Gasteiger partial charge in [0.25, 0.3) is 5.78 Å². The molecule has 0 heterocycles. The van der Waals surface area contributed by atoms with Gasteiger partial charge in [-0.2, -0.15) is 0 Å². The first-order chi connectivity index (χ1) is 8.28. The zero-order valence-electron chi connectivity index (χ0n) is 10.6. The van der Waals surface area contributed by atoms with Crippen LogP contribution >= 0.6 is 11.6 Å². The van der Waals surface area contributed by atoms with Crippen LogP contribution in [0.15, 0.2) is 30.3 Å². The smallest absolute Gasteiger partial charge is 0.379 e. The van der Waals surface area contributed by atoms with E-state index in [1.807, 2.05) is 0 Å². The molecule has 0 aliphatic carbocycles. The van der Waals surface area contributed by atoms with Gasteiger partial charge in [-0.15, -0.1) is 0 Å². The van der Waals surface area contributed by atoms with E-state index >= 15 is 0 Å². The number of halogens is 1. The summed E-state index contributed by atoms with van der Waals surface area (Å²) in [6, 6.07) is 6.92. The molecule has 1 rings (SSSR count). The minimum atomic E-state index is -0.854. The van der Waals surface area contributed by atoms with Crippen molar-refractivity contribution in [3.05, 3.63) is 40.9 Å². The predicted molar refractivity (Wildman–Crippen MR) is 71.3 cm³/mol. The molecular formula is C14H15ClO3. The second-order valence-corrected chi connectivity index (χ2v) is 5.19. The molecule has 0 amide bonds. The van der Waals surface area contributed by atoms with Gasteiger partial charge >= 0.3 is 5.97 Å². The van der Waals surface area contributed by atoms with Crippen molar-refractivity contribution in [1.29, 1.82) is 0 Å². The average molecular weight is 267 g/mol. The highest BCUT2D eigenvalue weighted by molar-refractivity contribution is 6.39. The van der Waals surface area contributed by atoms with Crippen LogP contribution < -0.4 is 0 Å². The van der Waals surface area contributed by atoms with E-state index in [2.05, 4.69) is 0 Å². The summed E-state index contributed by atoms with van der Waals surface area (Å²) < 4.78 is 4.95. The lowest BCUT2D eigenvalue weighted by atomic mass is 10.2. The fourth-order valence-corrected chi connectivity index (χ4v) is 1.27. The van der Waals surface area contributed by atoms with Gasteiger partial charge in [0.05, 0.1) is 0 Å². The summed E-state index contributed by atoms with van der Waals surface area (Å²) in [6.45, 7) is 5.13. The molecule has 3 nitrogen and oxygen atoms in total. The molecule has 0 radical (unpaired) electrons. The summed E-state index contributed by atoms with van der Waals surface area (Å²) in [5.41, 5.74) is 0.122. The number of ketones is 1. The molecule has 0 saturated heterocycles. The van der Waals surface area contributed by atoms with Crippen LogP contribution in [-0.4, -0.2) is 17.4 Å². The van der Waals surface area contributed by atoms with Crippen molar-refractivity contribution in [3.8, 4) is 0 Å². The van der Waals surface area contributed by atoms with Crippen molar-refractivity contribution in [3.63, 3.8) is 0 Å². The highest BCUT2D eigenvalue weighted by Crippen LogP contribution is 2.11. The molecule has 4 heteroatoms. The Morgan fingerprint density at radius 3 is 2.22 bits per heavy atom. The summed E-state index contributed by atoms with van der Waals surface area (Å²) >= 11 is 5.73. The maximum atomic E-state index is 11.5. The molecule has 1 aromatic rings. The van der Waals surface area contributed by atoms with E-state index in [4.69, 9.17) is 16.3 Å². The largest absolute Gasteiger partial charge is 0.454 e. The molecule has 0 atom stereocenters. The molecule has 0 aliphatic rings. The molecule has 0 N–H and O–H groups in total. The Morgan fingerprint density at radius 1 is 1.17 bits per heavy atom. The van der Waals surface area contributed by atoms with Crippen LogP contribution in [0.2, 0.25) is 5.02 Å². The molecule has 0 saturated carbocycles. The standard InChI is InChI=1S/C14H15ClO3/c1-14(2,3)18-13(17)12(16)9-6-10-4-7-11(15)8-5-10/h4-9H,1-3H3. The van der Waals surface area contributed by atoms with Crippen LogP contribution in [0.1, 0.15) is 26.3 Å². The van der Waals surface area contributed by atoms with Crippen LogP contribution in [0.4, 0.5) is 0 Å². The van der Waals surface area contributed by atoms with E-state index in [1.54, 1.807) is 51.1 Å². The first-order valence-electron chi connectivity index (χ1n) is 5.49. The van der Waals surface area contributed by atoms with Crippen LogP contribution in [0.3, 0.4) is 0 Å². The van der Waals surface area contributed by atoms with Gasteiger partial charge in [0.15, 0.2) is 0 Å². The Morgan fingerprint density at radius 2 is 1.72 bits per heavy atom. The Hall–Kier alpha value is -1.61. The summed E-state index contributed by atoms with van der Waals surface area (Å²) in [5, 5.41) is 0.616. The number of ether oxygens (including phenoxy) is 1. The van der Waals surface area contributed by atoms with Crippen molar-refractivity contribution in [2.75, 3.05) is 0 Å². The zero-order valence-corrected chi connectivity index (χ0v) is 11.3. The minimum Gasteiger partial charge on any atom is -0.454 e. The molecule has 0 aromatic heterocycles. The van der Waals surface area contributed by atoms with Crippen LogP contribution in [0.25, 0.3) is 6.08 Å². The van der Waals surface area contributed by atoms with E-state index in [-0.39, 0.29) is 0 Å². The number of hydrogen-bond acceptors (Lipinski definition) is 3.